The number of fused-ring (bicyclic) bond motifs is 8. The van der Waals surface area contributed by atoms with Gasteiger partial charge in [-0.1, -0.05) is 109 Å². The maximum atomic E-state index is 6.41. The molecule has 11 rings (SSSR count). The minimum absolute atomic E-state index is 0.915. The van der Waals surface area contributed by atoms with Gasteiger partial charge in [-0.15, -0.1) is 11.3 Å². The Morgan fingerprint density at radius 1 is 0.404 bits per heavy atom. The normalized spacial score (nSPS) is 11.6. The number of benzene rings is 9. The second-order valence-electron chi connectivity index (χ2n) is 14.6. The Morgan fingerprint density at radius 3 is 1.84 bits per heavy atom. The Kier molecular flexibility index (Phi) is 7.90. The Morgan fingerprint density at radius 2 is 1.02 bits per heavy atom. The van der Waals surface area contributed by atoms with Crippen LogP contribution in [-0.4, -0.2) is 7.05 Å². The van der Waals surface area contributed by atoms with Gasteiger partial charge in [0.1, 0.15) is 11.2 Å². The van der Waals surface area contributed by atoms with Crippen LogP contribution in [0.1, 0.15) is 0 Å². The van der Waals surface area contributed by atoms with E-state index in [1.165, 1.54) is 20.2 Å². The average molecular weight is 749 g/mol. The van der Waals surface area contributed by atoms with Gasteiger partial charge in [-0.2, -0.15) is 0 Å². The largest absolute Gasteiger partial charge is 0.455 e. The quantitative estimate of drug-likeness (QED) is 0.162. The maximum Gasteiger partial charge on any atom is 0.143 e. The predicted octanol–water partition coefficient (Wildman–Crippen LogP) is 15.7. The first-order valence-electron chi connectivity index (χ1n) is 19.3. The molecule has 0 unspecified atom stereocenters. The van der Waals surface area contributed by atoms with Crippen LogP contribution in [-0.2, 0) is 0 Å². The number of anilines is 5. The summed E-state index contributed by atoms with van der Waals surface area (Å²) < 4.78 is 9.01. The third-order valence-electron chi connectivity index (χ3n) is 11.3. The van der Waals surface area contributed by atoms with Gasteiger partial charge in [-0.25, -0.2) is 0 Å². The Bertz CT molecular complexity index is 3260. The van der Waals surface area contributed by atoms with Crippen molar-refractivity contribution in [3.63, 3.8) is 0 Å². The summed E-state index contributed by atoms with van der Waals surface area (Å²) in [5.74, 6) is 0. The third kappa shape index (κ3) is 5.73. The second-order valence-corrected chi connectivity index (χ2v) is 15.7. The lowest BCUT2D eigenvalue weighted by Gasteiger charge is -2.26. The van der Waals surface area contributed by atoms with Crippen molar-refractivity contribution >= 4 is 92.7 Å². The minimum Gasteiger partial charge on any atom is -0.455 e. The summed E-state index contributed by atoms with van der Waals surface area (Å²) in [7, 11) is 2.15. The fourth-order valence-electron chi connectivity index (χ4n) is 8.39. The highest BCUT2D eigenvalue weighted by atomic mass is 32.1. The number of thiophene rings is 1. The highest BCUT2D eigenvalue weighted by Crippen LogP contribution is 2.43. The maximum absolute atomic E-state index is 6.41. The van der Waals surface area contributed by atoms with Gasteiger partial charge in [0, 0.05) is 77.4 Å². The highest BCUT2D eigenvalue weighted by Gasteiger charge is 2.18. The van der Waals surface area contributed by atoms with E-state index in [4.69, 9.17) is 4.42 Å². The molecule has 0 atom stereocenters. The smallest absolute Gasteiger partial charge is 0.143 e. The molecule has 0 amide bonds. The molecule has 0 radical (unpaired) electrons. The summed E-state index contributed by atoms with van der Waals surface area (Å²) in [4.78, 5) is 4.63. The van der Waals surface area contributed by atoms with Crippen LogP contribution in [0.5, 0.6) is 0 Å². The molecule has 57 heavy (non-hydrogen) atoms. The highest BCUT2D eigenvalue weighted by molar-refractivity contribution is 7.25. The van der Waals surface area contributed by atoms with Gasteiger partial charge in [0.2, 0.25) is 0 Å². The Balaban J connectivity index is 1.01. The molecule has 0 saturated heterocycles. The van der Waals surface area contributed by atoms with Crippen LogP contribution in [0.3, 0.4) is 0 Å². The third-order valence-corrected chi connectivity index (χ3v) is 12.4. The molecule has 0 aliphatic rings. The second kappa shape index (κ2) is 13.6. The molecule has 0 aliphatic carbocycles. The van der Waals surface area contributed by atoms with Crippen molar-refractivity contribution in [2.45, 2.75) is 0 Å². The zero-order valence-electron chi connectivity index (χ0n) is 31.3. The van der Waals surface area contributed by atoms with Gasteiger partial charge in [0.25, 0.3) is 0 Å². The average Bonchev–Trinajstić information content (AvgIpc) is 3.85. The van der Waals surface area contributed by atoms with E-state index >= 15 is 0 Å². The SMILES string of the molecule is CN(c1ccccc1)c1ccc(-c2ccc(N(c3ccccc3)c3ccc4c(c3)sc3ccccc34)cc2)cc1-c1ccc2c(ccc3c4ccccc4oc23)c1. The Labute approximate surface area is 334 Å². The van der Waals surface area contributed by atoms with E-state index in [0.717, 1.165) is 83.4 Å². The number of furan rings is 1. The minimum atomic E-state index is 0.915. The van der Waals surface area contributed by atoms with Gasteiger partial charge in [0.15, 0.2) is 0 Å². The summed E-state index contributed by atoms with van der Waals surface area (Å²) in [6.07, 6.45) is 0. The molecule has 0 fully saturated rings. The number of para-hydroxylation sites is 3. The fraction of sp³-hybridized carbons (Fsp3) is 0.0189. The molecule has 0 aliphatic heterocycles. The van der Waals surface area contributed by atoms with E-state index in [-0.39, 0.29) is 0 Å². The van der Waals surface area contributed by atoms with Crippen LogP contribution < -0.4 is 9.80 Å². The van der Waals surface area contributed by atoms with Gasteiger partial charge in [-0.05, 0) is 113 Å². The van der Waals surface area contributed by atoms with Crippen molar-refractivity contribution in [2.75, 3.05) is 16.8 Å². The summed E-state index contributed by atoms with van der Waals surface area (Å²) in [5.41, 5.74) is 12.1. The van der Waals surface area contributed by atoms with E-state index in [2.05, 4.69) is 205 Å². The first-order valence-corrected chi connectivity index (χ1v) is 20.1. The molecule has 2 aromatic heterocycles. The van der Waals surface area contributed by atoms with Gasteiger partial charge >= 0.3 is 0 Å². The van der Waals surface area contributed by atoms with Crippen molar-refractivity contribution in [1.29, 1.82) is 0 Å². The van der Waals surface area contributed by atoms with E-state index < -0.39 is 0 Å². The number of rotatable bonds is 7. The molecule has 0 N–H and O–H groups in total. The summed E-state index contributed by atoms with van der Waals surface area (Å²) in [6, 6.07) is 72.1. The van der Waals surface area contributed by atoms with Crippen molar-refractivity contribution < 1.29 is 4.42 Å². The molecule has 9 aromatic carbocycles. The molecule has 0 spiro atoms. The van der Waals surface area contributed by atoms with Crippen LogP contribution >= 0.6 is 11.3 Å². The molecule has 0 bridgehead atoms. The van der Waals surface area contributed by atoms with E-state index in [9.17, 15) is 0 Å². The molecule has 3 nitrogen and oxygen atoms in total. The first-order chi connectivity index (χ1) is 28.2. The molecule has 11 aromatic rings. The van der Waals surface area contributed by atoms with Crippen molar-refractivity contribution in [1.82, 2.24) is 0 Å². The van der Waals surface area contributed by atoms with Crippen LogP contribution in [0.4, 0.5) is 28.4 Å². The van der Waals surface area contributed by atoms with Crippen LogP contribution in [0.15, 0.2) is 205 Å². The van der Waals surface area contributed by atoms with Gasteiger partial charge < -0.3 is 14.2 Å². The molecule has 0 saturated carbocycles. The van der Waals surface area contributed by atoms with E-state index in [1.807, 2.05) is 23.5 Å². The van der Waals surface area contributed by atoms with E-state index in [1.54, 1.807) is 0 Å². The summed E-state index contributed by atoms with van der Waals surface area (Å²) in [5, 5.41) is 7.17. The van der Waals surface area contributed by atoms with Crippen LogP contribution in [0.2, 0.25) is 0 Å². The number of hydrogen-bond acceptors (Lipinski definition) is 4. The van der Waals surface area contributed by atoms with Crippen molar-refractivity contribution in [3.05, 3.63) is 200 Å². The van der Waals surface area contributed by atoms with Crippen molar-refractivity contribution in [3.8, 4) is 22.3 Å². The van der Waals surface area contributed by atoms with Gasteiger partial charge in [0.05, 0.1) is 0 Å². The molecule has 270 valence electrons. The lowest BCUT2D eigenvalue weighted by atomic mass is 9.94. The standard InChI is InChI=1S/C53H36N2OS/c1-54(39-12-4-2-5-13-39)49-31-24-36(33-48(49)38-22-28-43-37(32-38)23-29-47-44-16-8-10-18-50(44)56-53(43)47)35-20-25-41(26-21-35)55(40-14-6-3-7-15-40)42-27-30-46-45-17-9-11-19-51(45)57-52(46)34-42/h2-34H,1H3. The zero-order chi connectivity index (χ0) is 37.9. The van der Waals surface area contributed by atoms with Crippen molar-refractivity contribution in [2.24, 2.45) is 0 Å². The summed E-state index contributed by atoms with van der Waals surface area (Å²) >= 11 is 1.85. The first kappa shape index (κ1) is 33.2. The lowest BCUT2D eigenvalue weighted by molar-refractivity contribution is 0.672. The zero-order valence-corrected chi connectivity index (χ0v) is 32.1. The lowest BCUT2D eigenvalue weighted by Crippen LogP contribution is -2.10. The number of nitrogens with zero attached hydrogens (tertiary/aromatic N) is 2. The van der Waals surface area contributed by atoms with Crippen LogP contribution in [0, 0.1) is 0 Å². The predicted molar refractivity (Wildman–Crippen MR) is 244 cm³/mol. The summed E-state index contributed by atoms with van der Waals surface area (Å²) in [6.45, 7) is 0. The molecular weight excluding hydrogens is 713 g/mol. The van der Waals surface area contributed by atoms with E-state index in [0.29, 0.717) is 0 Å². The monoisotopic (exact) mass is 748 g/mol. The Hall–Kier alpha value is -7.14. The molecular formula is C53H36N2OS. The van der Waals surface area contributed by atoms with Crippen LogP contribution in [0.25, 0.3) is 75.1 Å². The topological polar surface area (TPSA) is 19.6 Å². The fourth-order valence-corrected chi connectivity index (χ4v) is 9.53. The van der Waals surface area contributed by atoms with Gasteiger partial charge in [-0.3, -0.25) is 0 Å². The number of hydrogen-bond donors (Lipinski definition) is 0. The molecule has 2 heterocycles. The molecule has 4 heteroatoms.